The van der Waals surface area contributed by atoms with Gasteiger partial charge in [-0.1, -0.05) is 25.4 Å². The number of nitrogens with one attached hydrogen (secondary N) is 1. The molecule has 1 unspecified atom stereocenters. The van der Waals surface area contributed by atoms with E-state index >= 15 is 0 Å². The first-order valence-electron chi connectivity index (χ1n) is 6.39. The summed E-state index contributed by atoms with van der Waals surface area (Å²) in [5, 5.41) is 8.87. The summed E-state index contributed by atoms with van der Waals surface area (Å²) in [5.74, 6) is 0.612. The molecule has 2 rings (SSSR count). The Bertz CT molecular complexity index is 403. The third kappa shape index (κ3) is 2.23. The number of aromatic nitrogens is 2. The highest BCUT2D eigenvalue weighted by molar-refractivity contribution is 6.30. The van der Waals surface area contributed by atoms with Crippen LogP contribution in [0.4, 0.5) is 0 Å². The highest BCUT2D eigenvalue weighted by Gasteiger charge is 2.38. The van der Waals surface area contributed by atoms with Gasteiger partial charge in [-0.25, -0.2) is 0 Å². The van der Waals surface area contributed by atoms with Gasteiger partial charge < -0.3 is 5.32 Å². The largest absolute Gasteiger partial charge is 0.311 e. The topological polar surface area (TPSA) is 29.9 Å². The van der Waals surface area contributed by atoms with E-state index in [0.29, 0.717) is 5.92 Å². The number of hydrogen-bond acceptors (Lipinski definition) is 2. The number of rotatable bonds is 3. The zero-order chi connectivity index (χ0) is 12.6. The van der Waals surface area contributed by atoms with Gasteiger partial charge in [0.2, 0.25) is 0 Å². The average molecular weight is 256 g/mol. The molecule has 3 nitrogen and oxygen atoms in total. The zero-order valence-corrected chi connectivity index (χ0v) is 11.9. The average Bonchev–Trinajstić information content (AvgIpc) is 2.81. The predicted octanol–water partition coefficient (Wildman–Crippen LogP) is 2.70. The molecule has 4 heteroatoms. The van der Waals surface area contributed by atoms with Crippen molar-refractivity contribution in [2.75, 3.05) is 6.54 Å². The van der Waals surface area contributed by atoms with Crippen LogP contribution in [0.3, 0.4) is 0 Å². The second-order valence-corrected chi connectivity index (χ2v) is 5.85. The second-order valence-electron chi connectivity index (χ2n) is 5.50. The Kier molecular flexibility index (Phi) is 3.50. The van der Waals surface area contributed by atoms with Crippen molar-refractivity contribution in [3.05, 3.63) is 16.4 Å². The molecule has 0 aliphatic carbocycles. The van der Waals surface area contributed by atoms with Crippen LogP contribution in [0.5, 0.6) is 0 Å². The van der Waals surface area contributed by atoms with Crippen molar-refractivity contribution in [3.63, 3.8) is 0 Å². The van der Waals surface area contributed by atoms with E-state index in [4.69, 9.17) is 11.6 Å². The summed E-state index contributed by atoms with van der Waals surface area (Å²) in [4.78, 5) is 0. The fourth-order valence-corrected chi connectivity index (χ4v) is 3.11. The minimum Gasteiger partial charge on any atom is -0.311 e. The molecular formula is C13H22ClN3. The highest BCUT2D eigenvalue weighted by Crippen LogP contribution is 2.34. The summed E-state index contributed by atoms with van der Waals surface area (Å²) in [7, 11) is 1.91. The molecule has 17 heavy (non-hydrogen) atoms. The molecule has 0 radical (unpaired) electrons. The number of aryl methyl sites for hydroxylation is 2. The van der Waals surface area contributed by atoms with E-state index in [0.717, 1.165) is 23.8 Å². The zero-order valence-electron chi connectivity index (χ0n) is 11.2. The van der Waals surface area contributed by atoms with Gasteiger partial charge in [-0.05, 0) is 38.6 Å². The summed E-state index contributed by atoms with van der Waals surface area (Å²) in [6, 6.07) is 0. The smallest absolute Gasteiger partial charge is 0.130 e. The lowest BCUT2D eigenvalue weighted by molar-refractivity contribution is 0.269. The summed E-state index contributed by atoms with van der Waals surface area (Å²) < 4.78 is 1.77. The van der Waals surface area contributed by atoms with E-state index in [2.05, 4.69) is 24.3 Å². The Labute approximate surface area is 109 Å². The van der Waals surface area contributed by atoms with E-state index in [1.165, 1.54) is 18.4 Å². The van der Waals surface area contributed by atoms with Gasteiger partial charge in [0.05, 0.1) is 5.69 Å². The summed E-state index contributed by atoms with van der Waals surface area (Å²) in [5.41, 5.74) is 2.47. The van der Waals surface area contributed by atoms with Gasteiger partial charge >= 0.3 is 0 Å². The maximum atomic E-state index is 6.33. The Morgan fingerprint density at radius 2 is 2.24 bits per heavy atom. The van der Waals surface area contributed by atoms with Crippen LogP contribution in [0.15, 0.2) is 0 Å². The molecule has 0 saturated carbocycles. The molecule has 1 aliphatic heterocycles. The lowest BCUT2D eigenvalue weighted by Crippen LogP contribution is -2.46. The molecule has 1 aromatic heterocycles. The third-order valence-corrected chi connectivity index (χ3v) is 4.62. The van der Waals surface area contributed by atoms with Crippen molar-refractivity contribution in [3.8, 4) is 0 Å². The molecule has 1 aromatic rings. The van der Waals surface area contributed by atoms with Crippen molar-refractivity contribution >= 4 is 11.6 Å². The molecule has 96 valence electrons. The highest BCUT2D eigenvalue weighted by atomic mass is 35.5. The quantitative estimate of drug-likeness (QED) is 0.900. The maximum Gasteiger partial charge on any atom is 0.130 e. The molecular weight excluding hydrogens is 234 g/mol. The van der Waals surface area contributed by atoms with Crippen LogP contribution in [0, 0.1) is 12.8 Å². The van der Waals surface area contributed by atoms with Crippen LogP contribution in [-0.4, -0.2) is 21.9 Å². The Morgan fingerprint density at radius 3 is 2.65 bits per heavy atom. The van der Waals surface area contributed by atoms with Crippen LogP contribution in [0.1, 0.15) is 37.9 Å². The molecule has 2 heterocycles. The van der Waals surface area contributed by atoms with Gasteiger partial charge in [-0.15, -0.1) is 0 Å². The Morgan fingerprint density at radius 1 is 1.53 bits per heavy atom. The van der Waals surface area contributed by atoms with Gasteiger partial charge in [0, 0.05) is 18.2 Å². The normalized spacial score (nSPS) is 24.8. The molecule has 0 spiro atoms. The molecule has 1 atom stereocenters. The van der Waals surface area contributed by atoms with E-state index in [1.54, 1.807) is 4.68 Å². The first kappa shape index (κ1) is 12.9. The predicted molar refractivity (Wildman–Crippen MR) is 71.5 cm³/mol. The van der Waals surface area contributed by atoms with Crippen molar-refractivity contribution in [1.82, 2.24) is 15.1 Å². The summed E-state index contributed by atoms with van der Waals surface area (Å²) in [6.45, 7) is 7.75. The summed E-state index contributed by atoms with van der Waals surface area (Å²) >= 11 is 6.33. The van der Waals surface area contributed by atoms with Gasteiger partial charge in [-0.3, -0.25) is 4.68 Å². The van der Waals surface area contributed by atoms with Crippen molar-refractivity contribution in [2.24, 2.45) is 13.0 Å². The lowest BCUT2D eigenvalue weighted by Gasteiger charge is -2.34. The van der Waals surface area contributed by atoms with E-state index in [9.17, 15) is 0 Å². The molecule has 0 amide bonds. The number of hydrogen-bond donors (Lipinski definition) is 1. The first-order valence-corrected chi connectivity index (χ1v) is 6.77. The SMILES string of the molecule is Cc1nn(C)c(Cl)c1CC1(C(C)C)CCCN1. The van der Waals surface area contributed by atoms with Crippen molar-refractivity contribution < 1.29 is 0 Å². The Balaban J connectivity index is 2.29. The second kappa shape index (κ2) is 4.62. The van der Waals surface area contributed by atoms with Crippen molar-refractivity contribution in [1.29, 1.82) is 0 Å². The van der Waals surface area contributed by atoms with E-state index in [1.807, 2.05) is 14.0 Å². The van der Waals surface area contributed by atoms with Gasteiger partial charge in [0.1, 0.15) is 5.15 Å². The van der Waals surface area contributed by atoms with E-state index < -0.39 is 0 Å². The summed E-state index contributed by atoms with van der Waals surface area (Å²) in [6.07, 6.45) is 3.48. The van der Waals surface area contributed by atoms with Gasteiger partial charge in [-0.2, -0.15) is 5.10 Å². The lowest BCUT2D eigenvalue weighted by atomic mass is 9.80. The minimum absolute atomic E-state index is 0.206. The van der Waals surface area contributed by atoms with Crippen LogP contribution < -0.4 is 5.32 Å². The van der Waals surface area contributed by atoms with Crippen LogP contribution >= 0.6 is 11.6 Å². The molecule has 0 aromatic carbocycles. The fourth-order valence-electron chi connectivity index (χ4n) is 2.87. The van der Waals surface area contributed by atoms with Crippen LogP contribution in [0.2, 0.25) is 5.15 Å². The van der Waals surface area contributed by atoms with E-state index in [-0.39, 0.29) is 5.54 Å². The molecule has 1 aliphatic rings. The molecule has 1 fully saturated rings. The van der Waals surface area contributed by atoms with Gasteiger partial charge in [0.15, 0.2) is 0 Å². The third-order valence-electron chi connectivity index (χ3n) is 4.14. The first-order chi connectivity index (χ1) is 7.96. The van der Waals surface area contributed by atoms with Crippen LogP contribution in [0.25, 0.3) is 0 Å². The van der Waals surface area contributed by atoms with Crippen molar-refractivity contribution in [2.45, 2.75) is 45.6 Å². The number of nitrogens with zero attached hydrogens (tertiary/aromatic N) is 2. The van der Waals surface area contributed by atoms with Gasteiger partial charge in [0.25, 0.3) is 0 Å². The monoisotopic (exact) mass is 255 g/mol. The fraction of sp³-hybridized carbons (Fsp3) is 0.769. The molecule has 1 N–H and O–H groups in total. The Hall–Kier alpha value is -0.540. The molecule has 0 bridgehead atoms. The standard InChI is InChI=1S/C13H22ClN3/c1-9(2)13(6-5-7-15-13)8-11-10(3)16-17(4)12(11)14/h9,15H,5-8H2,1-4H3. The number of halogens is 1. The minimum atomic E-state index is 0.206. The van der Waals surface area contributed by atoms with Crippen LogP contribution in [-0.2, 0) is 13.5 Å². The maximum absolute atomic E-state index is 6.33. The molecule has 1 saturated heterocycles.